The molecule has 2 amide bonds. The van der Waals surface area contributed by atoms with E-state index in [0.29, 0.717) is 11.6 Å². The van der Waals surface area contributed by atoms with Crippen LogP contribution in [0.4, 0.5) is 24.5 Å². The van der Waals surface area contributed by atoms with Crippen LogP contribution in [0.25, 0.3) is 0 Å². The van der Waals surface area contributed by atoms with E-state index in [1.165, 1.54) is 37.1 Å². The predicted molar refractivity (Wildman–Crippen MR) is 85.5 cm³/mol. The maximum atomic E-state index is 12.2. The Labute approximate surface area is 138 Å². The quantitative estimate of drug-likeness (QED) is 0.805. The van der Waals surface area contributed by atoms with Gasteiger partial charge in [-0.25, -0.2) is 0 Å². The van der Waals surface area contributed by atoms with Crippen molar-refractivity contribution in [1.82, 2.24) is 0 Å². The number of anilines is 2. The summed E-state index contributed by atoms with van der Waals surface area (Å²) in [4.78, 5) is 22.9. The predicted octanol–water partition coefficient (Wildman–Crippen LogP) is 4.26. The Morgan fingerprint density at radius 1 is 1.12 bits per heavy atom. The topological polar surface area (TPSA) is 58.2 Å². The molecule has 1 saturated carbocycles. The smallest absolute Gasteiger partial charge is 0.322 e. The minimum Gasteiger partial charge on any atom is -0.322 e. The number of alkyl halides is 3. The Hall–Kier alpha value is -2.31. The highest BCUT2D eigenvalue weighted by atomic mass is 19.4. The van der Waals surface area contributed by atoms with Crippen LogP contribution in [0.1, 0.15) is 32.6 Å². The normalized spacial score (nSPS) is 16.1. The summed E-state index contributed by atoms with van der Waals surface area (Å²) in [7, 11) is 0. The Bertz CT molecular complexity index is 647. The van der Waals surface area contributed by atoms with E-state index >= 15 is 0 Å². The second-order valence-electron chi connectivity index (χ2n) is 5.89. The minimum absolute atomic E-state index is 0.0355. The van der Waals surface area contributed by atoms with E-state index in [4.69, 9.17) is 0 Å². The van der Waals surface area contributed by atoms with Crippen LogP contribution in [0.5, 0.6) is 0 Å². The number of carbonyl (C=O) groups excluding carboxylic acids is 2. The standard InChI is InChI=1S/C17H19F3N2O2/c1-11(12-5-2-3-6-12)9-15(23)21-13-7-4-8-14(10-13)22-16(24)17(18,19)20/h4,7-10,12H,2-3,5-6H2,1H3,(H,21,23)(H,22,24)/b11-9+. The summed E-state index contributed by atoms with van der Waals surface area (Å²) < 4.78 is 36.7. The van der Waals surface area contributed by atoms with E-state index in [0.717, 1.165) is 18.4 Å². The number of rotatable bonds is 4. The molecule has 1 aromatic rings. The highest BCUT2D eigenvalue weighted by Crippen LogP contribution is 2.30. The lowest BCUT2D eigenvalue weighted by atomic mass is 9.99. The third-order valence-corrected chi connectivity index (χ3v) is 4.00. The fraction of sp³-hybridized carbons (Fsp3) is 0.412. The van der Waals surface area contributed by atoms with Crippen molar-refractivity contribution in [3.05, 3.63) is 35.9 Å². The monoisotopic (exact) mass is 340 g/mol. The molecule has 7 heteroatoms. The van der Waals surface area contributed by atoms with Crippen LogP contribution in [0.15, 0.2) is 35.9 Å². The lowest BCUT2D eigenvalue weighted by Gasteiger charge is -2.11. The van der Waals surface area contributed by atoms with Gasteiger partial charge in [-0.3, -0.25) is 9.59 Å². The molecule has 0 aromatic heterocycles. The number of amides is 2. The molecule has 2 rings (SSSR count). The van der Waals surface area contributed by atoms with Crippen LogP contribution in [0, 0.1) is 5.92 Å². The lowest BCUT2D eigenvalue weighted by Crippen LogP contribution is -2.29. The van der Waals surface area contributed by atoms with Crippen molar-refractivity contribution in [2.75, 3.05) is 10.6 Å². The Morgan fingerprint density at radius 3 is 2.29 bits per heavy atom. The van der Waals surface area contributed by atoms with Gasteiger partial charge in [0.1, 0.15) is 0 Å². The van der Waals surface area contributed by atoms with Crippen molar-refractivity contribution in [2.24, 2.45) is 5.92 Å². The second kappa shape index (κ2) is 7.51. The Balaban J connectivity index is 1.99. The average molecular weight is 340 g/mol. The molecule has 130 valence electrons. The zero-order valence-electron chi connectivity index (χ0n) is 13.2. The van der Waals surface area contributed by atoms with Crippen LogP contribution in [-0.2, 0) is 9.59 Å². The molecule has 0 heterocycles. The van der Waals surface area contributed by atoms with Gasteiger partial charge in [-0.2, -0.15) is 13.2 Å². The van der Waals surface area contributed by atoms with Crippen molar-refractivity contribution in [2.45, 2.75) is 38.8 Å². The fourth-order valence-electron chi connectivity index (χ4n) is 2.76. The first-order valence-electron chi connectivity index (χ1n) is 7.73. The Kier molecular flexibility index (Phi) is 5.64. The molecule has 0 radical (unpaired) electrons. The van der Waals surface area contributed by atoms with Crippen LogP contribution >= 0.6 is 0 Å². The molecule has 0 aliphatic heterocycles. The first-order valence-corrected chi connectivity index (χ1v) is 7.73. The summed E-state index contributed by atoms with van der Waals surface area (Å²) in [5.74, 6) is -1.96. The maximum Gasteiger partial charge on any atom is 0.471 e. The molecule has 24 heavy (non-hydrogen) atoms. The third kappa shape index (κ3) is 5.11. The number of benzene rings is 1. The van der Waals surface area contributed by atoms with Gasteiger partial charge in [-0.05, 0) is 43.9 Å². The van der Waals surface area contributed by atoms with E-state index in [2.05, 4.69) is 5.32 Å². The van der Waals surface area contributed by atoms with Crippen LogP contribution in [0.2, 0.25) is 0 Å². The van der Waals surface area contributed by atoms with E-state index in [1.807, 2.05) is 6.92 Å². The summed E-state index contributed by atoms with van der Waals surface area (Å²) >= 11 is 0. The van der Waals surface area contributed by atoms with Gasteiger partial charge in [0, 0.05) is 17.5 Å². The molecule has 1 aromatic carbocycles. The van der Waals surface area contributed by atoms with Gasteiger partial charge in [0.2, 0.25) is 5.91 Å². The van der Waals surface area contributed by atoms with Crippen LogP contribution < -0.4 is 10.6 Å². The molecule has 0 unspecified atom stereocenters. The van der Waals surface area contributed by atoms with Crippen molar-refractivity contribution in [1.29, 1.82) is 0 Å². The average Bonchev–Trinajstić information content (AvgIpc) is 3.00. The second-order valence-corrected chi connectivity index (χ2v) is 5.89. The van der Waals surface area contributed by atoms with Gasteiger partial charge in [0.25, 0.3) is 0 Å². The van der Waals surface area contributed by atoms with Crippen molar-refractivity contribution in [3.8, 4) is 0 Å². The zero-order chi connectivity index (χ0) is 17.7. The molecule has 2 N–H and O–H groups in total. The van der Waals surface area contributed by atoms with Crippen LogP contribution in [0.3, 0.4) is 0 Å². The number of hydrogen-bond donors (Lipinski definition) is 2. The SMILES string of the molecule is C/C(=C\C(=O)Nc1cccc(NC(=O)C(F)(F)F)c1)C1CCCC1. The molecule has 1 aliphatic rings. The molecular formula is C17H19F3N2O2. The summed E-state index contributed by atoms with van der Waals surface area (Å²) in [5, 5.41) is 4.35. The molecule has 0 saturated heterocycles. The molecular weight excluding hydrogens is 321 g/mol. The number of nitrogens with one attached hydrogen (secondary N) is 2. The highest BCUT2D eigenvalue weighted by molar-refractivity contribution is 6.00. The number of carbonyl (C=O) groups is 2. The Morgan fingerprint density at radius 2 is 1.71 bits per heavy atom. The summed E-state index contributed by atoms with van der Waals surface area (Å²) in [6.45, 7) is 1.91. The van der Waals surface area contributed by atoms with Gasteiger partial charge in [-0.1, -0.05) is 24.5 Å². The molecule has 0 bridgehead atoms. The van der Waals surface area contributed by atoms with Crippen molar-refractivity contribution < 1.29 is 22.8 Å². The molecule has 0 spiro atoms. The first kappa shape index (κ1) is 18.0. The van der Waals surface area contributed by atoms with E-state index in [1.54, 1.807) is 11.4 Å². The summed E-state index contributed by atoms with van der Waals surface area (Å²) in [6, 6.07) is 5.59. The fourth-order valence-corrected chi connectivity index (χ4v) is 2.76. The van der Waals surface area contributed by atoms with E-state index in [-0.39, 0.29) is 11.6 Å². The molecule has 1 fully saturated rings. The number of allylic oxidation sites excluding steroid dienone is 1. The number of halogens is 3. The van der Waals surface area contributed by atoms with Crippen molar-refractivity contribution in [3.63, 3.8) is 0 Å². The largest absolute Gasteiger partial charge is 0.471 e. The molecule has 1 aliphatic carbocycles. The van der Waals surface area contributed by atoms with E-state index in [9.17, 15) is 22.8 Å². The van der Waals surface area contributed by atoms with E-state index < -0.39 is 12.1 Å². The maximum absolute atomic E-state index is 12.2. The minimum atomic E-state index is -4.96. The lowest BCUT2D eigenvalue weighted by molar-refractivity contribution is -0.167. The summed E-state index contributed by atoms with van der Waals surface area (Å²) in [5.41, 5.74) is 1.29. The summed E-state index contributed by atoms with van der Waals surface area (Å²) in [6.07, 6.45) is 1.05. The van der Waals surface area contributed by atoms with Gasteiger partial charge >= 0.3 is 12.1 Å². The van der Waals surface area contributed by atoms with Gasteiger partial charge in [0.15, 0.2) is 0 Å². The third-order valence-electron chi connectivity index (χ3n) is 4.00. The first-order chi connectivity index (χ1) is 11.3. The van der Waals surface area contributed by atoms with Crippen LogP contribution in [-0.4, -0.2) is 18.0 Å². The van der Waals surface area contributed by atoms with Gasteiger partial charge in [-0.15, -0.1) is 0 Å². The molecule has 4 nitrogen and oxygen atoms in total. The molecule has 0 atom stereocenters. The zero-order valence-corrected chi connectivity index (χ0v) is 13.2. The number of hydrogen-bond acceptors (Lipinski definition) is 2. The highest BCUT2D eigenvalue weighted by Gasteiger charge is 2.38. The van der Waals surface area contributed by atoms with Gasteiger partial charge < -0.3 is 10.6 Å². The van der Waals surface area contributed by atoms with Gasteiger partial charge in [0.05, 0.1) is 0 Å². The van der Waals surface area contributed by atoms with Crippen molar-refractivity contribution >= 4 is 23.2 Å².